The molecule has 0 atom stereocenters. The van der Waals surface area contributed by atoms with E-state index in [9.17, 15) is 0 Å². The second-order valence-electron chi connectivity index (χ2n) is 5.93. The maximum absolute atomic E-state index is 5.87. The van der Waals surface area contributed by atoms with Gasteiger partial charge in [-0.1, -0.05) is 0 Å². The van der Waals surface area contributed by atoms with Crippen LogP contribution in [0.3, 0.4) is 0 Å². The molecule has 0 saturated carbocycles. The maximum atomic E-state index is 5.87. The van der Waals surface area contributed by atoms with E-state index in [4.69, 9.17) is 14.2 Å². The summed E-state index contributed by atoms with van der Waals surface area (Å²) < 4.78 is 17.4. The lowest BCUT2D eigenvalue weighted by Gasteiger charge is -2.33. The van der Waals surface area contributed by atoms with Gasteiger partial charge in [0.15, 0.2) is 6.29 Å². The van der Waals surface area contributed by atoms with Crippen molar-refractivity contribution in [1.29, 1.82) is 0 Å². The molecule has 0 aromatic carbocycles. The molecule has 0 spiro atoms. The lowest BCUT2D eigenvalue weighted by atomic mass is 10.0. The Labute approximate surface area is 107 Å². The van der Waals surface area contributed by atoms with Gasteiger partial charge in [0, 0.05) is 6.42 Å². The van der Waals surface area contributed by atoms with Gasteiger partial charge in [-0.25, -0.2) is 0 Å². The highest BCUT2D eigenvalue weighted by molar-refractivity contribution is 4.72. The molecule has 0 aromatic heterocycles. The van der Waals surface area contributed by atoms with Crippen LogP contribution in [-0.2, 0) is 14.2 Å². The number of hydrogen-bond donors (Lipinski definition) is 0. The summed E-state index contributed by atoms with van der Waals surface area (Å²) in [5.41, 5.74) is -0.234. The molecular formula is C14H30O3. The van der Waals surface area contributed by atoms with E-state index in [2.05, 4.69) is 13.8 Å². The number of ether oxygens (including phenoxy) is 3. The van der Waals surface area contributed by atoms with Gasteiger partial charge in [0.2, 0.25) is 0 Å². The van der Waals surface area contributed by atoms with Crippen LogP contribution in [-0.4, -0.2) is 30.2 Å². The van der Waals surface area contributed by atoms with Crippen LogP contribution in [0.15, 0.2) is 0 Å². The largest absolute Gasteiger partial charge is 0.373 e. The van der Waals surface area contributed by atoms with Gasteiger partial charge in [0.05, 0.1) is 23.9 Å². The summed E-state index contributed by atoms with van der Waals surface area (Å²) in [5.74, 6) is 0. The minimum absolute atomic E-state index is 0.161. The molecule has 17 heavy (non-hydrogen) atoms. The summed E-state index contributed by atoms with van der Waals surface area (Å²) >= 11 is 0. The van der Waals surface area contributed by atoms with Gasteiger partial charge >= 0.3 is 0 Å². The first kappa shape index (κ1) is 16.9. The van der Waals surface area contributed by atoms with Crippen LogP contribution in [0.1, 0.15) is 61.8 Å². The molecule has 0 amide bonds. The zero-order chi connectivity index (χ0) is 13.6. The van der Waals surface area contributed by atoms with Crippen molar-refractivity contribution in [2.24, 2.45) is 0 Å². The Bertz CT molecular complexity index is 188. The van der Waals surface area contributed by atoms with Crippen molar-refractivity contribution in [2.75, 3.05) is 0 Å². The average Bonchev–Trinajstić information content (AvgIpc) is 1.95. The first-order valence-electron chi connectivity index (χ1n) is 6.61. The van der Waals surface area contributed by atoms with E-state index in [1.54, 1.807) is 0 Å². The van der Waals surface area contributed by atoms with Crippen molar-refractivity contribution >= 4 is 0 Å². The summed E-state index contributed by atoms with van der Waals surface area (Å²) in [7, 11) is 0. The lowest BCUT2D eigenvalue weighted by molar-refractivity contribution is -0.211. The molecule has 0 aromatic rings. The number of hydrogen-bond acceptors (Lipinski definition) is 3. The van der Waals surface area contributed by atoms with Crippen molar-refractivity contribution < 1.29 is 14.2 Å². The summed E-state index contributed by atoms with van der Waals surface area (Å²) in [6.07, 6.45) is 1.07. The van der Waals surface area contributed by atoms with Gasteiger partial charge in [-0.15, -0.1) is 0 Å². The summed E-state index contributed by atoms with van der Waals surface area (Å²) in [6.45, 7) is 16.3. The fourth-order valence-electron chi connectivity index (χ4n) is 1.82. The maximum Gasteiger partial charge on any atom is 0.160 e. The smallest absolute Gasteiger partial charge is 0.160 e. The van der Waals surface area contributed by atoms with E-state index in [0.717, 1.165) is 6.42 Å². The normalized spacial score (nSPS) is 13.4. The first-order chi connectivity index (χ1) is 7.62. The Morgan fingerprint density at radius 2 is 1.18 bits per heavy atom. The van der Waals surface area contributed by atoms with E-state index in [1.807, 2.05) is 41.5 Å². The molecule has 0 rings (SSSR count). The second kappa shape index (κ2) is 7.34. The molecule has 0 N–H and O–H groups in total. The van der Waals surface area contributed by atoms with Crippen molar-refractivity contribution in [1.82, 2.24) is 0 Å². The molecular weight excluding hydrogens is 216 g/mol. The molecule has 0 saturated heterocycles. The minimum atomic E-state index is -0.234. The molecule has 0 heterocycles. The van der Waals surface area contributed by atoms with Crippen LogP contribution < -0.4 is 0 Å². The van der Waals surface area contributed by atoms with Gasteiger partial charge in [-0.3, -0.25) is 0 Å². The zero-order valence-corrected chi connectivity index (χ0v) is 12.7. The molecule has 3 nitrogen and oxygen atoms in total. The fourth-order valence-corrected chi connectivity index (χ4v) is 1.82. The average molecular weight is 246 g/mol. The van der Waals surface area contributed by atoms with Gasteiger partial charge in [0.1, 0.15) is 0 Å². The van der Waals surface area contributed by atoms with Crippen molar-refractivity contribution in [2.45, 2.75) is 92.0 Å². The summed E-state index contributed by atoms with van der Waals surface area (Å²) in [5, 5.41) is 0. The van der Waals surface area contributed by atoms with E-state index >= 15 is 0 Å². The summed E-state index contributed by atoms with van der Waals surface area (Å²) in [6, 6.07) is 0. The minimum Gasteiger partial charge on any atom is -0.373 e. The van der Waals surface area contributed by atoms with Crippen LogP contribution in [0, 0.1) is 0 Å². The Hall–Kier alpha value is -0.120. The van der Waals surface area contributed by atoms with Gasteiger partial charge in [-0.2, -0.15) is 0 Å². The molecule has 3 heteroatoms. The van der Waals surface area contributed by atoms with Crippen LogP contribution in [0.4, 0.5) is 0 Å². The second-order valence-corrected chi connectivity index (χ2v) is 5.93. The summed E-state index contributed by atoms with van der Waals surface area (Å²) in [4.78, 5) is 0. The lowest BCUT2D eigenvalue weighted by Crippen LogP contribution is -2.36. The van der Waals surface area contributed by atoms with Gasteiger partial charge in [-0.05, 0) is 55.4 Å². The Morgan fingerprint density at radius 1 is 0.765 bits per heavy atom. The monoisotopic (exact) mass is 246 g/mol. The van der Waals surface area contributed by atoms with Gasteiger partial charge in [0.25, 0.3) is 0 Å². The zero-order valence-electron chi connectivity index (χ0n) is 12.7. The third-order valence-corrected chi connectivity index (χ3v) is 2.06. The van der Waals surface area contributed by atoms with Crippen LogP contribution in [0.2, 0.25) is 0 Å². The Morgan fingerprint density at radius 3 is 1.47 bits per heavy atom. The molecule has 0 aliphatic heterocycles. The fraction of sp³-hybridized carbons (Fsp3) is 1.00. The highest BCUT2D eigenvalue weighted by Gasteiger charge is 2.27. The third kappa shape index (κ3) is 9.57. The van der Waals surface area contributed by atoms with E-state index in [0.29, 0.717) is 0 Å². The molecule has 0 unspecified atom stereocenters. The van der Waals surface area contributed by atoms with Crippen LogP contribution in [0.5, 0.6) is 0 Å². The molecule has 0 radical (unpaired) electrons. The quantitative estimate of drug-likeness (QED) is 0.610. The predicted octanol–water partition coefficient (Wildman–Crippen LogP) is 3.76. The number of rotatable bonds is 8. The SMILES string of the molecule is CC(C)OC(CC(C)(C)OC(C)C)OC(C)C. The highest BCUT2D eigenvalue weighted by Crippen LogP contribution is 2.22. The predicted molar refractivity (Wildman–Crippen MR) is 71.1 cm³/mol. The Kier molecular flexibility index (Phi) is 7.29. The van der Waals surface area contributed by atoms with E-state index < -0.39 is 0 Å². The van der Waals surface area contributed by atoms with Crippen molar-refractivity contribution in [3.63, 3.8) is 0 Å². The van der Waals surface area contributed by atoms with E-state index in [1.165, 1.54) is 0 Å². The standard InChI is InChI=1S/C14H30O3/c1-10(2)15-13(16-11(3)4)9-14(7,8)17-12(5)6/h10-13H,9H2,1-8H3. The first-order valence-corrected chi connectivity index (χ1v) is 6.61. The highest BCUT2D eigenvalue weighted by atomic mass is 16.7. The van der Waals surface area contributed by atoms with Crippen LogP contribution >= 0.6 is 0 Å². The topological polar surface area (TPSA) is 27.7 Å². The molecule has 0 bridgehead atoms. The Balaban J connectivity index is 4.39. The molecule has 0 fully saturated rings. The van der Waals surface area contributed by atoms with Crippen LogP contribution in [0.25, 0.3) is 0 Å². The van der Waals surface area contributed by atoms with Crippen molar-refractivity contribution in [3.8, 4) is 0 Å². The van der Waals surface area contributed by atoms with E-state index in [-0.39, 0.29) is 30.2 Å². The molecule has 0 aliphatic carbocycles. The molecule has 0 aliphatic rings. The third-order valence-electron chi connectivity index (χ3n) is 2.06. The van der Waals surface area contributed by atoms with Crippen molar-refractivity contribution in [3.05, 3.63) is 0 Å². The molecule has 104 valence electrons. The van der Waals surface area contributed by atoms with Gasteiger partial charge < -0.3 is 14.2 Å².